The van der Waals surface area contributed by atoms with E-state index in [9.17, 15) is 0 Å². The van der Waals surface area contributed by atoms with Gasteiger partial charge in [0.05, 0.1) is 23.6 Å². The Morgan fingerprint density at radius 3 is 2.82 bits per heavy atom. The number of nitrogens with zero attached hydrogens (tertiary/aromatic N) is 3. The van der Waals surface area contributed by atoms with E-state index < -0.39 is 0 Å². The molecule has 2 aromatic rings. The average Bonchev–Trinajstić information content (AvgIpc) is 2.81. The third-order valence-corrected chi connectivity index (χ3v) is 3.15. The molecule has 0 aliphatic heterocycles. The summed E-state index contributed by atoms with van der Waals surface area (Å²) in [7, 11) is 0. The monoisotopic (exact) mass is 230 g/mol. The fourth-order valence-electron chi connectivity index (χ4n) is 1.76. The van der Waals surface area contributed by atoms with Crippen molar-refractivity contribution in [2.45, 2.75) is 33.2 Å². The molecule has 1 heterocycles. The van der Waals surface area contributed by atoms with Gasteiger partial charge in [0, 0.05) is 0 Å². The van der Waals surface area contributed by atoms with Crippen molar-refractivity contribution in [1.29, 1.82) is 0 Å². The Kier molecular flexibility index (Phi) is 3.24. The van der Waals surface area contributed by atoms with Crippen LogP contribution in [0.15, 0.2) is 24.4 Å². The van der Waals surface area contributed by atoms with E-state index in [1.807, 2.05) is 25.3 Å². The normalized spacial score (nSPS) is 12.7. The predicted molar refractivity (Wildman–Crippen MR) is 68.1 cm³/mol. The van der Waals surface area contributed by atoms with E-state index in [-0.39, 0.29) is 6.04 Å². The minimum absolute atomic E-state index is 0.0335. The van der Waals surface area contributed by atoms with Crippen LogP contribution in [0.5, 0.6) is 0 Å². The Bertz CT molecular complexity index is 516. The van der Waals surface area contributed by atoms with Crippen LogP contribution in [0.25, 0.3) is 5.69 Å². The van der Waals surface area contributed by atoms with Crippen LogP contribution in [-0.4, -0.2) is 15.0 Å². The van der Waals surface area contributed by atoms with Crippen molar-refractivity contribution in [2.24, 2.45) is 5.73 Å². The zero-order chi connectivity index (χ0) is 12.4. The van der Waals surface area contributed by atoms with Crippen molar-refractivity contribution in [3.8, 4) is 5.69 Å². The number of rotatable bonds is 3. The molecule has 1 atom stereocenters. The summed E-state index contributed by atoms with van der Waals surface area (Å²) in [6, 6.07) is 6.12. The Labute approximate surface area is 101 Å². The molecule has 4 nitrogen and oxygen atoms in total. The highest BCUT2D eigenvalue weighted by Gasteiger charge is 2.10. The van der Waals surface area contributed by atoms with Gasteiger partial charge in [-0.3, -0.25) is 0 Å². The molecule has 0 spiro atoms. The number of nitrogens with two attached hydrogens (primary N) is 1. The zero-order valence-electron chi connectivity index (χ0n) is 10.5. The molecule has 0 saturated heterocycles. The summed E-state index contributed by atoms with van der Waals surface area (Å²) in [4.78, 5) is 0. The molecule has 0 saturated carbocycles. The summed E-state index contributed by atoms with van der Waals surface area (Å²) in [6.07, 6.45) is 2.78. The minimum atomic E-state index is -0.0335. The van der Waals surface area contributed by atoms with Crippen molar-refractivity contribution < 1.29 is 0 Å². The maximum Gasteiger partial charge on any atom is 0.0998 e. The second kappa shape index (κ2) is 4.67. The van der Waals surface area contributed by atoms with Crippen molar-refractivity contribution in [1.82, 2.24) is 15.0 Å². The van der Waals surface area contributed by atoms with Crippen molar-refractivity contribution >= 4 is 0 Å². The first-order valence-corrected chi connectivity index (χ1v) is 5.88. The van der Waals surface area contributed by atoms with E-state index in [2.05, 4.69) is 30.2 Å². The molecule has 1 unspecified atom stereocenters. The molecule has 0 aliphatic carbocycles. The molecule has 0 fully saturated rings. The van der Waals surface area contributed by atoms with Gasteiger partial charge < -0.3 is 5.73 Å². The van der Waals surface area contributed by atoms with E-state index in [0.29, 0.717) is 0 Å². The fraction of sp³-hybridized carbons (Fsp3) is 0.385. The van der Waals surface area contributed by atoms with Crippen LogP contribution in [0.2, 0.25) is 0 Å². The summed E-state index contributed by atoms with van der Waals surface area (Å²) >= 11 is 0. The maximum absolute atomic E-state index is 5.94. The van der Waals surface area contributed by atoms with Gasteiger partial charge in [0.25, 0.3) is 0 Å². The second-order valence-corrected chi connectivity index (χ2v) is 4.32. The molecule has 0 bridgehead atoms. The highest BCUT2D eigenvalue weighted by Crippen LogP contribution is 2.18. The van der Waals surface area contributed by atoms with Crippen LogP contribution in [0.1, 0.15) is 36.2 Å². The lowest BCUT2D eigenvalue weighted by molar-refractivity contribution is 0.670. The van der Waals surface area contributed by atoms with Gasteiger partial charge >= 0.3 is 0 Å². The van der Waals surface area contributed by atoms with Crippen molar-refractivity contribution in [2.75, 3.05) is 0 Å². The number of hydrogen-bond donors (Lipinski definition) is 1. The van der Waals surface area contributed by atoms with E-state index in [4.69, 9.17) is 5.73 Å². The van der Waals surface area contributed by atoms with E-state index in [1.54, 1.807) is 4.68 Å². The van der Waals surface area contributed by atoms with Gasteiger partial charge in [-0.15, -0.1) is 5.10 Å². The first kappa shape index (κ1) is 11.8. The third-order valence-electron chi connectivity index (χ3n) is 3.15. The van der Waals surface area contributed by atoms with Crippen molar-refractivity contribution in [3.05, 3.63) is 41.2 Å². The van der Waals surface area contributed by atoms with Gasteiger partial charge in [-0.05, 0) is 37.5 Å². The van der Waals surface area contributed by atoms with Crippen LogP contribution < -0.4 is 5.73 Å². The number of benzene rings is 1. The van der Waals surface area contributed by atoms with Gasteiger partial charge in [0.15, 0.2) is 0 Å². The van der Waals surface area contributed by atoms with Gasteiger partial charge in [-0.25, -0.2) is 4.68 Å². The first-order valence-electron chi connectivity index (χ1n) is 5.88. The Morgan fingerprint density at radius 2 is 2.12 bits per heavy atom. The molecule has 0 amide bonds. The molecule has 1 aromatic heterocycles. The van der Waals surface area contributed by atoms with Gasteiger partial charge in [-0.2, -0.15) is 0 Å². The van der Waals surface area contributed by atoms with E-state index in [1.165, 1.54) is 11.1 Å². The largest absolute Gasteiger partial charge is 0.323 e. The average molecular weight is 230 g/mol. The van der Waals surface area contributed by atoms with Crippen LogP contribution >= 0.6 is 0 Å². The molecule has 2 N–H and O–H groups in total. The highest BCUT2D eigenvalue weighted by atomic mass is 15.4. The lowest BCUT2D eigenvalue weighted by Gasteiger charge is -2.07. The number of hydrogen-bond acceptors (Lipinski definition) is 3. The van der Waals surface area contributed by atoms with Gasteiger partial charge in [0.2, 0.25) is 0 Å². The van der Waals surface area contributed by atoms with Crippen LogP contribution in [0, 0.1) is 13.8 Å². The molecule has 17 heavy (non-hydrogen) atoms. The zero-order valence-corrected chi connectivity index (χ0v) is 10.5. The summed E-state index contributed by atoms with van der Waals surface area (Å²) in [6.45, 7) is 6.22. The lowest BCUT2D eigenvalue weighted by atomic mass is 10.1. The summed E-state index contributed by atoms with van der Waals surface area (Å²) in [5, 5.41) is 8.27. The van der Waals surface area contributed by atoms with Crippen LogP contribution in [0.3, 0.4) is 0 Å². The highest BCUT2D eigenvalue weighted by molar-refractivity contribution is 5.43. The summed E-state index contributed by atoms with van der Waals surface area (Å²) in [5.41, 5.74) is 10.3. The van der Waals surface area contributed by atoms with E-state index >= 15 is 0 Å². The Balaban J connectivity index is 2.40. The molecule has 1 aromatic carbocycles. The van der Waals surface area contributed by atoms with E-state index in [0.717, 1.165) is 17.8 Å². The molecule has 2 rings (SSSR count). The smallest absolute Gasteiger partial charge is 0.0998 e. The Hall–Kier alpha value is -1.68. The minimum Gasteiger partial charge on any atom is -0.323 e. The van der Waals surface area contributed by atoms with Crippen LogP contribution in [-0.2, 0) is 0 Å². The quantitative estimate of drug-likeness (QED) is 0.880. The maximum atomic E-state index is 5.94. The fourth-order valence-corrected chi connectivity index (χ4v) is 1.76. The molecule has 0 aliphatic rings. The van der Waals surface area contributed by atoms with Crippen LogP contribution in [0.4, 0.5) is 0 Å². The molecular weight excluding hydrogens is 212 g/mol. The molecule has 4 heteroatoms. The molecule has 0 radical (unpaired) electrons. The second-order valence-electron chi connectivity index (χ2n) is 4.32. The van der Waals surface area contributed by atoms with Crippen molar-refractivity contribution in [3.63, 3.8) is 0 Å². The standard InChI is InChI=1S/C13H18N4/c1-4-11(14)12-8-17(16-15-12)13-7-5-6-9(2)10(13)3/h5-8,11H,4,14H2,1-3H3. The molecular formula is C13H18N4. The third kappa shape index (κ3) is 2.22. The summed E-state index contributed by atoms with van der Waals surface area (Å²) in [5.74, 6) is 0. The summed E-state index contributed by atoms with van der Waals surface area (Å²) < 4.78 is 1.80. The predicted octanol–water partition coefficient (Wildman–Crippen LogP) is 2.29. The number of aryl methyl sites for hydroxylation is 1. The SMILES string of the molecule is CCC(N)c1cn(-c2cccc(C)c2C)nn1. The number of aromatic nitrogens is 3. The van der Waals surface area contributed by atoms with Gasteiger partial charge in [0.1, 0.15) is 0 Å². The first-order chi connectivity index (χ1) is 8.13. The Morgan fingerprint density at radius 1 is 1.35 bits per heavy atom. The molecule has 90 valence electrons. The van der Waals surface area contributed by atoms with Gasteiger partial charge in [-0.1, -0.05) is 24.3 Å². The lowest BCUT2D eigenvalue weighted by Crippen LogP contribution is -2.08. The topological polar surface area (TPSA) is 56.7 Å².